The van der Waals surface area contributed by atoms with E-state index in [1.807, 2.05) is 26.0 Å². The third-order valence-corrected chi connectivity index (χ3v) is 9.18. The molecule has 7 nitrogen and oxygen atoms in total. The molecule has 36 heavy (non-hydrogen) atoms. The van der Waals surface area contributed by atoms with Crippen molar-refractivity contribution in [3.63, 3.8) is 0 Å². The molecule has 10 heteroatoms. The topological polar surface area (TPSA) is 82.6 Å². The average molecular weight is 541 g/mol. The Morgan fingerprint density at radius 1 is 0.972 bits per heavy atom. The second-order valence-electron chi connectivity index (χ2n) is 8.76. The number of fused-ring (bicyclic) bond motifs is 1. The van der Waals surface area contributed by atoms with Crippen LogP contribution in [0.4, 0.5) is 10.8 Å². The first-order valence-corrected chi connectivity index (χ1v) is 14.2. The van der Waals surface area contributed by atoms with E-state index in [2.05, 4.69) is 9.62 Å². The van der Waals surface area contributed by atoms with E-state index in [1.165, 1.54) is 0 Å². The van der Waals surface area contributed by atoms with Gasteiger partial charge in [0, 0.05) is 31.2 Å². The number of aryl methyl sites for hydroxylation is 2. The first kappa shape index (κ1) is 24.5. The molecule has 2 heterocycles. The van der Waals surface area contributed by atoms with E-state index >= 15 is 0 Å². The van der Waals surface area contributed by atoms with E-state index in [4.69, 9.17) is 16.6 Å². The zero-order valence-corrected chi connectivity index (χ0v) is 22.3. The largest absolute Gasteiger partial charge is 0.345 e. The predicted molar refractivity (Wildman–Crippen MR) is 146 cm³/mol. The highest BCUT2D eigenvalue weighted by Gasteiger charge is 2.27. The van der Waals surface area contributed by atoms with E-state index in [-0.39, 0.29) is 16.5 Å². The highest BCUT2D eigenvalue weighted by atomic mass is 35.5. The molecule has 4 aromatic rings. The molecule has 0 bridgehead atoms. The first-order chi connectivity index (χ1) is 17.2. The highest BCUT2D eigenvalue weighted by molar-refractivity contribution is 7.92. The van der Waals surface area contributed by atoms with Crippen LogP contribution in [0.25, 0.3) is 10.2 Å². The molecule has 1 aliphatic rings. The number of carbonyl (C=O) groups is 1. The van der Waals surface area contributed by atoms with Crippen LogP contribution in [0.1, 0.15) is 21.5 Å². The van der Waals surface area contributed by atoms with Crippen LogP contribution < -0.4 is 9.62 Å². The van der Waals surface area contributed by atoms with Gasteiger partial charge in [-0.1, -0.05) is 52.8 Å². The number of para-hydroxylation sites is 1. The molecular formula is C26H25ClN4O3S2. The highest BCUT2D eigenvalue weighted by Crippen LogP contribution is 2.34. The molecular weight excluding hydrogens is 516 g/mol. The predicted octanol–water partition coefficient (Wildman–Crippen LogP) is 5.33. The number of thiazole rings is 1. The van der Waals surface area contributed by atoms with Crippen LogP contribution in [0.2, 0.25) is 5.02 Å². The van der Waals surface area contributed by atoms with Crippen molar-refractivity contribution in [2.75, 3.05) is 35.8 Å². The van der Waals surface area contributed by atoms with E-state index in [9.17, 15) is 13.2 Å². The van der Waals surface area contributed by atoms with Gasteiger partial charge in [0.2, 0.25) is 0 Å². The molecule has 1 aliphatic heterocycles. The van der Waals surface area contributed by atoms with Crippen LogP contribution in [0.5, 0.6) is 0 Å². The molecule has 1 saturated heterocycles. The van der Waals surface area contributed by atoms with E-state index in [0.717, 1.165) is 26.5 Å². The molecule has 0 radical (unpaired) electrons. The average Bonchev–Trinajstić information content (AvgIpc) is 3.32. The van der Waals surface area contributed by atoms with Gasteiger partial charge in [-0.2, -0.15) is 0 Å². The third-order valence-electron chi connectivity index (χ3n) is 6.31. The molecule has 5 rings (SSSR count). The Balaban J connectivity index is 1.31. The molecule has 1 fully saturated rings. The number of hydrogen-bond acceptors (Lipinski definition) is 6. The van der Waals surface area contributed by atoms with Gasteiger partial charge in [-0.05, 0) is 55.8 Å². The lowest BCUT2D eigenvalue weighted by Gasteiger charge is -2.34. The summed E-state index contributed by atoms with van der Waals surface area (Å²) < 4.78 is 29.5. The molecule has 0 atom stereocenters. The third kappa shape index (κ3) is 4.78. The lowest BCUT2D eigenvalue weighted by atomic mass is 10.1. The quantitative estimate of drug-likeness (QED) is 0.370. The molecule has 1 aromatic heterocycles. The van der Waals surface area contributed by atoms with Crippen LogP contribution >= 0.6 is 22.9 Å². The summed E-state index contributed by atoms with van der Waals surface area (Å²) in [5, 5.41) is 1.61. The smallest absolute Gasteiger partial charge is 0.261 e. The van der Waals surface area contributed by atoms with Gasteiger partial charge < -0.3 is 9.80 Å². The van der Waals surface area contributed by atoms with Gasteiger partial charge in [0.1, 0.15) is 0 Å². The first-order valence-electron chi connectivity index (χ1n) is 11.5. The molecule has 0 saturated carbocycles. The number of nitrogens with zero attached hydrogens (tertiary/aromatic N) is 3. The molecule has 1 amide bonds. The number of halogens is 1. The van der Waals surface area contributed by atoms with Crippen LogP contribution in [0.15, 0.2) is 65.6 Å². The summed E-state index contributed by atoms with van der Waals surface area (Å²) in [6.45, 7) is 6.15. The lowest BCUT2D eigenvalue weighted by molar-refractivity contribution is 0.0748. The fourth-order valence-corrected chi connectivity index (χ4v) is 6.48. The fourth-order valence-electron chi connectivity index (χ4n) is 4.17. The maximum absolute atomic E-state index is 13.4. The number of amides is 1. The Morgan fingerprint density at radius 2 is 1.67 bits per heavy atom. The Kier molecular flexibility index (Phi) is 6.63. The van der Waals surface area contributed by atoms with Gasteiger partial charge >= 0.3 is 0 Å². The van der Waals surface area contributed by atoms with Crippen molar-refractivity contribution in [1.29, 1.82) is 0 Å². The number of anilines is 2. The lowest BCUT2D eigenvalue weighted by Crippen LogP contribution is -2.48. The van der Waals surface area contributed by atoms with E-state index in [0.29, 0.717) is 36.8 Å². The van der Waals surface area contributed by atoms with E-state index < -0.39 is 10.0 Å². The van der Waals surface area contributed by atoms with E-state index in [1.54, 1.807) is 64.8 Å². The van der Waals surface area contributed by atoms with Crippen molar-refractivity contribution in [1.82, 2.24) is 9.88 Å². The van der Waals surface area contributed by atoms with Crippen molar-refractivity contribution >= 4 is 59.9 Å². The summed E-state index contributed by atoms with van der Waals surface area (Å²) in [4.78, 5) is 22.3. The second kappa shape index (κ2) is 9.72. The maximum Gasteiger partial charge on any atom is 0.261 e. The van der Waals surface area contributed by atoms with Gasteiger partial charge in [-0.25, -0.2) is 13.4 Å². The summed E-state index contributed by atoms with van der Waals surface area (Å²) in [5.74, 6) is -0.205. The molecule has 186 valence electrons. The van der Waals surface area contributed by atoms with Gasteiger partial charge in [-0.15, -0.1) is 0 Å². The minimum Gasteiger partial charge on any atom is -0.345 e. The van der Waals surface area contributed by atoms with Crippen molar-refractivity contribution < 1.29 is 13.2 Å². The standard InChI is InChI=1S/C26H25ClN4O3S2/c1-17-7-9-19(10-8-17)36(33,34)29-22-6-4-3-5-20(22)25(32)30-13-15-31(16-14-30)26-28-24-18(2)21(27)11-12-23(24)35-26/h3-12,29H,13-16H2,1-2H3. The summed E-state index contributed by atoms with van der Waals surface area (Å²) in [5.41, 5.74) is 3.44. The Bertz CT molecular complexity index is 1540. The normalized spacial score (nSPS) is 14.3. The number of piperazine rings is 1. The van der Waals surface area contributed by atoms with Gasteiger partial charge in [-0.3, -0.25) is 9.52 Å². The number of carbonyl (C=O) groups excluding carboxylic acids is 1. The molecule has 3 aromatic carbocycles. The Labute approximate surface area is 219 Å². The monoisotopic (exact) mass is 540 g/mol. The summed E-state index contributed by atoms with van der Waals surface area (Å²) in [7, 11) is -3.83. The zero-order chi connectivity index (χ0) is 25.4. The van der Waals surface area contributed by atoms with Crippen molar-refractivity contribution in [3.05, 3.63) is 82.4 Å². The minimum absolute atomic E-state index is 0.149. The van der Waals surface area contributed by atoms with Gasteiger partial charge in [0.05, 0.1) is 26.4 Å². The summed E-state index contributed by atoms with van der Waals surface area (Å²) in [6.07, 6.45) is 0. The van der Waals surface area contributed by atoms with Crippen LogP contribution in [-0.4, -0.2) is 50.4 Å². The van der Waals surface area contributed by atoms with Crippen LogP contribution in [0.3, 0.4) is 0 Å². The fraction of sp³-hybridized carbons (Fsp3) is 0.231. The zero-order valence-electron chi connectivity index (χ0n) is 19.9. The van der Waals surface area contributed by atoms with Crippen molar-refractivity contribution in [3.8, 4) is 0 Å². The number of nitrogens with one attached hydrogen (secondary N) is 1. The number of hydrogen-bond donors (Lipinski definition) is 1. The molecule has 1 N–H and O–H groups in total. The summed E-state index contributed by atoms with van der Waals surface area (Å²) in [6, 6.07) is 17.2. The van der Waals surface area contributed by atoms with Crippen LogP contribution in [0, 0.1) is 13.8 Å². The molecule has 0 spiro atoms. The van der Waals surface area contributed by atoms with Gasteiger partial charge in [0.15, 0.2) is 5.13 Å². The van der Waals surface area contributed by atoms with Crippen molar-refractivity contribution in [2.24, 2.45) is 0 Å². The summed E-state index contributed by atoms with van der Waals surface area (Å²) >= 11 is 7.87. The Hall–Kier alpha value is -3.14. The Morgan fingerprint density at radius 3 is 2.39 bits per heavy atom. The van der Waals surface area contributed by atoms with Crippen molar-refractivity contribution in [2.45, 2.75) is 18.7 Å². The number of sulfonamides is 1. The molecule has 0 unspecified atom stereocenters. The van der Waals surface area contributed by atoms with Crippen LogP contribution in [-0.2, 0) is 10.0 Å². The molecule has 0 aliphatic carbocycles. The second-order valence-corrected chi connectivity index (χ2v) is 11.9. The maximum atomic E-state index is 13.4. The number of aromatic nitrogens is 1. The number of rotatable bonds is 5. The van der Waals surface area contributed by atoms with Gasteiger partial charge in [0.25, 0.3) is 15.9 Å². The minimum atomic E-state index is -3.83. The number of benzene rings is 3. The SMILES string of the molecule is Cc1ccc(S(=O)(=O)Nc2ccccc2C(=O)N2CCN(c3nc4c(C)c(Cl)ccc4s3)CC2)cc1.